The van der Waals surface area contributed by atoms with Crippen LogP contribution in [-0.4, -0.2) is 51.3 Å². The molecule has 0 heterocycles. The van der Waals surface area contributed by atoms with Gasteiger partial charge in [-0.1, -0.05) is 12.1 Å². The molecule has 0 radical (unpaired) electrons. The van der Waals surface area contributed by atoms with Gasteiger partial charge in [0, 0.05) is 0 Å². The third kappa shape index (κ3) is 5.10. The Bertz CT molecular complexity index is 414. The molecule has 1 rings (SSSR count). The predicted octanol–water partition coefficient (Wildman–Crippen LogP) is 4.47. The molecule has 0 bridgehead atoms. The summed E-state index contributed by atoms with van der Waals surface area (Å²) in [6, 6.07) is 9.34. The summed E-state index contributed by atoms with van der Waals surface area (Å²) in [4.78, 5) is 0. The monoisotopic (exact) mass is 306 g/mol. The maximum atomic E-state index is 2.38. The second-order valence-electron chi connectivity index (χ2n) is 7.13. The lowest BCUT2D eigenvalue weighted by molar-refractivity contribution is -0.906. The molecule has 0 aromatic heterocycles. The van der Waals surface area contributed by atoms with Gasteiger partial charge in [-0.05, 0) is 64.7 Å². The Hall–Kier alpha value is -0.860. The molecule has 0 N–H and O–H groups in total. The minimum Gasteiger partial charge on any atom is -0.327 e. The summed E-state index contributed by atoms with van der Waals surface area (Å²) >= 11 is 0. The van der Waals surface area contributed by atoms with E-state index >= 15 is 0 Å². The molecule has 0 aliphatic carbocycles. The highest BCUT2D eigenvalue weighted by Crippen LogP contribution is 2.21. The Labute approximate surface area is 138 Å². The number of unbranched alkanes of at least 4 members (excludes halogenated alkanes) is 1. The first-order chi connectivity index (χ1) is 10.4. The summed E-state index contributed by atoms with van der Waals surface area (Å²) < 4.78 is 2.24. The summed E-state index contributed by atoms with van der Waals surface area (Å²) in [5.74, 6) is 0. The van der Waals surface area contributed by atoms with Gasteiger partial charge in [-0.15, -0.1) is 0 Å². The van der Waals surface area contributed by atoms with Crippen molar-refractivity contribution in [1.29, 1.82) is 0 Å². The molecular formula is C20H38N2+2. The number of rotatable bonds is 10. The Balaban J connectivity index is 2.49. The van der Waals surface area contributed by atoms with Crippen LogP contribution in [0.15, 0.2) is 24.3 Å². The van der Waals surface area contributed by atoms with E-state index in [9.17, 15) is 0 Å². The largest absolute Gasteiger partial charge is 0.327 e. The standard InChI is InChI=1S/C20H38N2/c1-7-21(5,8-2)18-12-11-13-19-14-16-20(17-15-19)22(6,9-3)10-4/h14-17H,7-13,18H2,1-6H3/q+2. The SMILES string of the molecule is CC[N+](C)(CC)CCCCc1ccc([N+](C)(CC)CC)cc1. The van der Waals surface area contributed by atoms with E-state index in [2.05, 4.69) is 66.1 Å². The highest BCUT2D eigenvalue weighted by atomic mass is 15.3. The molecule has 1 aromatic rings. The van der Waals surface area contributed by atoms with Crippen molar-refractivity contribution < 1.29 is 4.48 Å². The van der Waals surface area contributed by atoms with Gasteiger partial charge < -0.3 is 4.48 Å². The van der Waals surface area contributed by atoms with Crippen LogP contribution >= 0.6 is 0 Å². The molecule has 0 amide bonds. The Morgan fingerprint density at radius 2 is 1.27 bits per heavy atom. The molecule has 0 unspecified atom stereocenters. The van der Waals surface area contributed by atoms with Crippen LogP contribution in [0.4, 0.5) is 5.69 Å². The quantitative estimate of drug-likeness (QED) is 0.442. The third-order valence-corrected chi connectivity index (χ3v) is 5.90. The smallest absolute Gasteiger partial charge is 0.132 e. The van der Waals surface area contributed by atoms with Crippen LogP contribution in [-0.2, 0) is 6.42 Å². The number of quaternary nitrogens is 2. The number of hydrogen-bond acceptors (Lipinski definition) is 0. The van der Waals surface area contributed by atoms with Crippen molar-refractivity contribution >= 4 is 5.69 Å². The third-order valence-electron chi connectivity index (χ3n) is 5.90. The minimum absolute atomic E-state index is 1.03. The number of hydrogen-bond donors (Lipinski definition) is 0. The Morgan fingerprint density at radius 3 is 1.73 bits per heavy atom. The summed E-state index contributed by atoms with van der Waals surface area (Å²) in [6.07, 6.45) is 3.86. The molecule has 2 heteroatoms. The van der Waals surface area contributed by atoms with Gasteiger partial charge in [-0.25, -0.2) is 0 Å². The molecule has 0 saturated carbocycles. The van der Waals surface area contributed by atoms with Crippen molar-refractivity contribution in [1.82, 2.24) is 4.48 Å². The maximum absolute atomic E-state index is 2.38. The van der Waals surface area contributed by atoms with E-state index in [1.165, 1.54) is 54.6 Å². The molecule has 0 aliphatic heterocycles. The van der Waals surface area contributed by atoms with Gasteiger partial charge >= 0.3 is 0 Å². The van der Waals surface area contributed by atoms with Gasteiger partial charge in [-0.2, -0.15) is 0 Å². The first kappa shape index (κ1) is 19.2. The molecular weight excluding hydrogens is 268 g/mol. The van der Waals surface area contributed by atoms with Crippen molar-refractivity contribution in [2.45, 2.75) is 47.0 Å². The lowest BCUT2D eigenvalue weighted by atomic mass is 10.1. The van der Waals surface area contributed by atoms with Gasteiger partial charge in [0.25, 0.3) is 0 Å². The molecule has 1 aromatic carbocycles. The van der Waals surface area contributed by atoms with Crippen LogP contribution in [0.5, 0.6) is 0 Å². The molecule has 0 spiro atoms. The average molecular weight is 307 g/mol. The first-order valence-electron chi connectivity index (χ1n) is 9.20. The first-order valence-corrected chi connectivity index (χ1v) is 9.20. The minimum atomic E-state index is 1.03. The molecule has 0 saturated heterocycles. The van der Waals surface area contributed by atoms with E-state index < -0.39 is 0 Å². The topological polar surface area (TPSA) is 0 Å². The van der Waals surface area contributed by atoms with Crippen molar-refractivity contribution in [3.8, 4) is 0 Å². The zero-order valence-electron chi connectivity index (χ0n) is 15.9. The fourth-order valence-corrected chi connectivity index (χ4v) is 2.97. The van der Waals surface area contributed by atoms with Crippen molar-refractivity contribution in [3.63, 3.8) is 0 Å². The van der Waals surface area contributed by atoms with Gasteiger partial charge in [0.15, 0.2) is 0 Å². The van der Waals surface area contributed by atoms with Crippen molar-refractivity contribution in [3.05, 3.63) is 29.8 Å². The van der Waals surface area contributed by atoms with E-state index in [4.69, 9.17) is 0 Å². The maximum Gasteiger partial charge on any atom is 0.132 e. The summed E-state index contributed by atoms with van der Waals surface area (Å²) in [5.41, 5.74) is 2.93. The van der Waals surface area contributed by atoms with Crippen LogP contribution in [0.25, 0.3) is 0 Å². The van der Waals surface area contributed by atoms with Crippen LogP contribution < -0.4 is 4.48 Å². The second-order valence-corrected chi connectivity index (χ2v) is 7.13. The number of benzene rings is 1. The summed E-state index contributed by atoms with van der Waals surface area (Å²) in [7, 11) is 4.70. The van der Waals surface area contributed by atoms with Crippen LogP contribution in [0.2, 0.25) is 0 Å². The Morgan fingerprint density at radius 1 is 0.727 bits per heavy atom. The lowest BCUT2D eigenvalue weighted by Gasteiger charge is -2.32. The molecule has 0 aliphatic rings. The predicted molar refractivity (Wildman–Crippen MR) is 100 cm³/mol. The fourth-order valence-electron chi connectivity index (χ4n) is 2.97. The highest BCUT2D eigenvalue weighted by molar-refractivity contribution is 5.43. The van der Waals surface area contributed by atoms with E-state index in [0.717, 1.165) is 17.6 Å². The van der Waals surface area contributed by atoms with E-state index in [1.807, 2.05) is 0 Å². The zero-order valence-corrected chi connectivity index (χ0v) is 15.9. The van der Waals surface area contributed by atoms with Crippen LogP contribution in [0.1, 0.15) is 46.1 Å². The Kier molecular flexibility index (Phi) is 7.58. The lowest BCUT2D eigenvalue weighted by Crippen LogP contribution is -2.44. The molecule has 126 valence electrons. The normalized spacial score (nSPS) is 12.6. The van der Waals surface area contributed by atoms with Crippen LogP contribution in [0.3, 0.4) is 0 Å². The number of aryl methyl sites for hydroxylation is 1. The van der Waals surface area contributed by atoms with Gasteiger partial charge in [0.2, 0.25) is 0 Å². The number of nitrogens with zero attached hydrogens (tertiary/aromatic N) is 2. The summed E-state index contributed by atoms with van der Waals surface area (Å²) in [5, 5.41) is 0. The summed E-state index contributed by atoms with van der Waals surface area (Å²) in [6.45, 7) is 15.3. The van der Waals surface area contributed by atoms with Crippen molar-refractivity contribution in [2.24, 2.45) is 0 Å². The van der Waals surface area contributed by atoms with E-state index in [1.54, 1.807) is 0 Å². The fraction of sp³-hybridized carbons (Fsp3) is 0.700. The molecule has 0 atom stereocenters. The second kappa shape index (κ2) is 8.69. The van der Waals surface area contributed by atoms with Gasteiger partial charge in [-0.3, -0.25) is 4.48 Å². The van der Waals surface area contributed by atoms with E-state index in [0.29, 0.717) is 0 Å². The molecule has 2 nitrogen and oxygen atoms in total. The zero-order chi connectivity index (χ0) is 16.6. The molecule has 22 heavy (non-hydrogen) atoms. The average Bonchev–Trinajstić information content (AvgIpc) is 2.58. The van der Waals surface area contributed by atoms with Crippen LogP contribution in [0, 0.1) is 0 Å². The van der Waals surface area contributed by atoms with Gasteiger partial charge in [0.1, 0.15) is 5.69 Å². The van der Waals surface area contributed by atoms with E-state index in [-0.39, 0.29) is 0 Å². The highest BCUT2D eigenvalue weighted by Gasteiger charge is 2.19. The van der Waals surface area contributed by atoms with Crippen molar-refractivity contribution in [2.75, 3.05) is 46.8 Å². The molecule has 0 fully saturated rings. The van der Waals surface area contributed by atoms with Gasteiger partial charge in [0.05, 0.1) is 46.8 Å².